The van der Waals surface area contributed by atoms with Gasteiger partial charge in [0.1, 0.15) is 5.82 Å². The lowest BCUT2D eigenvalue weighted by molar-refractivity contribution is 0.0522. The highest BCUT2D eigenvalue weighted by molar-refractivity contribution is 6.14. The molecule has 2 atom stereocenters. The lowest BCUT2D eigenvalue weighted by atomic mass is 9.79. The second-order valence-corrected chi connectivity index (χ2v) is 6.72. The smallest absolute Gasteiger partial charge is 0.338 e. The molecule has 6 heteroatoms. The molecule has 2 unspecified atom stereocenters. The number of carbonyl (C=O) groups excluding carboxylic acids is 2. The molecule has 28 heavy (non-hydrogen) atoms. The first kappa shape index (κ1) is 18.0. The van der Waals surface area contributed by atoms with Crippen LogP contribution in [-0.4, -0.2) is 27.9 Å². The Morgan fingerprint density at radius 3 is 2.64 bits per heavy atom. The Hall–Kier alpha value is -3.41. The van der Waals surface area contributed by atoms with Crippen LogP contribution in [-0.2, 0) is 11.8 Å². The number of fused-ring (bicyclic) bond motifs is 1. The van der Waals surface area contributed by atoms with E-state index in [1.165, 1.54) is 0 Å². The van der Waals surface area contributed by atoms with Crippen LogP contribution in [0, 0.1) is 0 Å². The van der Waals surface area contributed by atoms with Gasteiger partial charge in [-0.1, -0.05) is 36.4 Å². The van der Waals surface area contributed by atoms with Gasteiger partial charge in [-0.25, -0.2) is 9.78 Å². The summed E-state index contributed by atoms with van der Waals surface area (Å²) in [6, 6.07) is 14.4. The van der Waals surface area contributed by atoms with Gasteiger partial charge >= 0.3 is 5.97 Å². The van der Waals surface area contributed by atoms with Crippen molar-refractivity contribution in [1.29, 1.82) is 0 Å². The molecule has 0 saturated heterocycles. The van der Waals surface area contributed by atoms with Gasteiger partial charge in [0, 0.05) is 25.1 Å². The number of benzene rings is 2. The number of hydrogen-bond donors (Lipinski definition) is 1. The van der Waals surface area contributed by atoms with E-state index >= 15 is 0 Å². The van der Waals surface area contributed by atoms with Gasteiger partial charge in [0.05, 0.1) is 29.7 Å². The van der Waals surface area contributed by atoms with Crippen molar-refractivity contribution in [3.05, 3.63) is 83.4 Å². The maximum atomic E-state index is 13.7. The third-order valence-electron chi connectivity index (χ3n) is 5.03. The molecular formula is C22H21N3O3. The Balaban J connectivity index is 1.89. The van der Waals surface area contributed by atoms with Crippen molar-refractivity contribution in [3.8, 4) is 0 Å². The minimum Gasteiger partial charge on any atom is -0.462 e. The standard InChI is InChI=1S/C22H21N3O3/c1-3-28-22(27)15-10-7-11-16-18(15)20(26)17(14-8-5-4-6-9-14)19(24-16)21-23-12-13-25(21)2/h4-13,17,19,24H,3H2,1-2H3. The van der Waals surface area contributed by atoms with E-state index < -0.39 is 11.9 Å². The Labute approximate surface area is 163 Å². The summed E-state index contributed by atoms with van der Waals surface area (Å²) >= 11 is 0. The van der Waals surface area contributed by atoms with Crippen LogP contribution in [0.5, 0.6) is 0 Å². The van der Waals surface area contributed by atoms with Gasteiger partial charge in [-0.15, -0.1) is 0 Å². The first-order valence-corrected chi connectivity index (χ1v) is 9.25. The molecule has 4 rings (SSSR count). The van der Waals surface area contributed by atoms with Gasteiger partial charge in [-0.05, 0) is 24.6 Å². The second-order valence-electron chi connectivity index (χ2n) is 6.72. The third-order valence-corrected chi connectivity index (χ3v) is 5.03. The summed E-state index contributed by atoms with van der Waals surface area (Å²) in [5.74, 6) is -0.354. The van der Waals surface area contributed by atoms with E-state index in [9.17, 15) is 9.59 Å². The van der Waals surface area contributed by atoms with Crippen LogP contribution in [0.3, 0.4) is 0 Å². The lowest BCUT2D eigenvalue weighted by Crippen LogP contribution is -2.34. The number of ether oxygens (including phenoxy) is 1. The molecular weight excluding hydrogens is 354 g/mol. The number of aryl methyl sites for hydroxylation is 1. The fourth-order valence-electron chi connectivity index (χ4n) is 3.77. The van der Waals surface area contributed by atoms with E-state index in [-0.39, 0.29) is 24.0 Å². The number of rotatable bonds is 4. The van der Waals surface area contributed by atoms with Gasteiger partial charge in [0.2, 0.25) is 0 Å². The molecule has 0 spiro atoms. The van der Waals surface area contributed by atoms with E-state index in [2.05, 4.69) is 10.3 Å². The predicted octanol–water partition coefficient (Wildman–Crippen LogP) is 3.73. The van der Waals surface area contributed by atoms with Crippen molar-refractivity contribution in [2.75, 3.05) is 11.9 Å². The van der Waals surface area contributed by atoms with Crippen LogP contribution in [0.2, 0.25) is 0 Å². The molecule has 1 aliphatic rings. The van der Waals surface area contributed by atoms with E-state index in [4.69, 9.17) is 4.74 Å². The average molecular weight is 375 g/mol. The number of Topliss-reactive ketones (excluding diaryl/α,β-unsaturated/α-hetero) is 1. The number of ketones is 1. The molecule has 142 valence electrons. The Morgan fingerprint density at radius 2 is 1.96 bits per heavy atom. The summed E-state index contributed by atoms with van der Waals surface area (Å²) in [4.78, 5) is 30.6. The number of anilines is 1. The topological polar surface area (TPSA) is 73.2 Å². The molecule has 6 nitrogen and oxygen atoms in total. The second kappa shape index (κ2) is 7.31. The van der Waals surface area contributed by atoms with Gasteiger partial charge in [-0.2, -0.15) is 0 Å². The minimum absolute atomic E-state index is 0.114. The maximum Gasteiger partial charge on any atom is 0.338 e. The molecule has 0 aliphatic carbocycles. The van der Waals surface area contributed by atoms with Crippen LogP contribution in [0.4, 0.5) is 5.69 Å². The van der Waals surface area contributed by atoms with Gasteiger partial charge < -0.3 is 14.6 Å². The van der Waals surface area contributed by atoms with Crippen molar-refractivity contribution in [1.82, 2.24) is 9.55 Å². The highest BCUT2D eigenvalue weighted by Gasteiger charge is 2.41. The molecule has 0 bridgehead atoms. The van der Waals surface area contributed by atoms with Gasteiger partial charge in [0.25, 0.3) is 0 Å². The van der Waals surface area contributed by atoms with Crippen molar-refractivity contribution in [3.63, 3.8) is 0 Å². The van der Waals surface area contributed by atoms with Gasteiger partial charge in [-0.3, -0.25) is 4.79 Å². The first-order valence-electron chi connectivity index (χ1n) is 9.25. The lowest BCUT2D eigenvalue weighted by Gasteiger charge is -2.34. The monoisotopic (exact) mass is 375 g/mol. The minimum atomic E-state index is -0.509. The molecule has 1 aromatic heterocycles. The Bertz CT molecular complexity index is 1030. The van der Waals surface area contributed by atoms with E-state index in [1.807, 2.05) is 54.2 Å². The SMILES string of the molecule is CCOC(=O)c1cccc2c1C(=O)C(c1ccccc1)C(c1nccn1C)N2. The summed E-state index contributed by atoms with van der Waals surface area (Å²) in [6.07, 6.45) is 3.57. The van der Waals surface area contributed by atoms with E-state index in [0.717, 1.165) is 11.4 Å². The highest BCUT2D eigenvalue weighted by atomic mass is 16.5. The summed E-state index contributed by atoms with van der Waals surface area (Å²) < 4.78 is 7.07. The number of imidazole rings is 1. The summed E-state index contributed by atoms with van der Waals surface area (Å²) in [7, 11) is 1.90. The van der Waals surface area contributed by atoms with Crippen LogP contribution < -0.4 is 5.32 Å². The normalized spacial score (nSPS) is 18.3. The molecule has 0 fully saturated rings. The zero-order valence-electron chi connectivity index (χ0n) is 15.8. The van der Waals surface area contributed by atoms with Crippen LogP contribution in [0.25, 0.3) is 0 Å². The van der Waals surface area contributed by atoms with Crippen molar-refractivity contribution in [2.45, 2.75) is 18.9 Å². The largest absolute Gasteiger partial charge is 0.462 e. The number of hydrogen-bond acceptors (Lipinski definition) is 5. The Kier molecular flexibility index (Phi) is 4.69. The molecule has 3 aromatic rings. The number of nitrogens with one attached hydrogen (secondary N) is 1. The zero-order valence-corrected chi connectivity index (χ0v) is 15.8. The molecule has 0 radical (unpaired) electrons. The van der Waals surface area contributed by atoms with Gasteiger partial charge in [0.15, 0.2) is 5.78 Å². The maximum absolute atomic E-state index is 13.7. The number of carbonyl (C=O) groups is 2. The molecule has 0 saturated carbocycles. The summed E-state index contributed by atoms with van der Waals surface area (Å²) in [5, 5.41) is 3.44. The van der Waals surface area contributed by atoms with Crippen LogP contribution in [0.15, 0.2) is 60.9 Å². The van der Waals surface area contributed by atoms with E-state index in [1.54, 1.807) is 25.3 Å². The third kappa shape index (κ3) is 2.97. The quantitative estimate of drug-likeness (QED) is 0.704. The predicted molar refractivity (Wildman–Crippen MR) is 105 cm³/mol. The first-order chi connectivity index (χ1) is 13.6. The molecule has 2 aromatic carbocycles. The molecule has 1 aliphatic heterocycles. The molecule has 0 amide bonds. The summed E-state index contributed by atoms with van der Waals surface area (Å²) in [5.41, 5.74) is 2.16. The van der Waals surface area contributed by atoms with Crippen molar-refractivity contribution >= 4 is 17.4 Å². The zero-order chi connectivity index (χ0) is 19.7. The van der Waals surface area contributed by atoms with Crippen molar-refractivity contribution in [2.24, 2.45) is 7.05 Å². The highest BCUT2D eigenvalue weighted by Crippen LogP contribution is 2.42. The fraction of sp³-hybridized carbons (Fsp3) is 0.227. The van der Waals surface area contributed by atoms with Crippen molar-refractivity contribution < 1.29 is 14.3 Å². The van der Waals surface area contributed by atoms with Crippen LogP contribution >= 0.6 is 0 Å². The molecule has 2 heterocycles. The summed E-state index contributed by atoms with van der Waals surface area (Å²) in [6.45, 7) is 2.00. The number of aromatic nitrogens is 2. The number of esters is 1. The fourth-order valence-corrected chi connectivity index (χ4v) is 3.77. The number of nitrogens with zero attached hydrogens (tertiary/aromatic N) is 2. The average Bonchev–Trinajstić information content (AvgIpc) is 3.14. The van der Waals surface area contributed by atoms with Crippen LogP contribution in [0.1, 0.15) is 51.0 Å². The van der Waals surface area contributed by atoms with E-state index in [0.29, 0.717) is 11.3 Å². The Morgan fingerprint density at radius 1 is 1.18 bits per heavy atom. The molecule has 1 N–H and O–H groups in total.